The van der Waals surface area contributed by atoms with Gasteiger partial charge >= 0.3 is 0 Å². The number of unbranched alkanes of at least 4 members (excludes halogenated alkanes) is 2. The Morgan fingerprint density at radius 3 is 1.61 bits per heavy atom. The molecular weight excluding hydrogens is 234 g/mol. The fourth-order valence-corrected chi connectivity index (χ4v) is 1.58. The lowest BCUT2D eigenvalue weighted by molar-refractivity contribution is 0.500. The van der Waals surface area contributed by atoms with Crippen molar-refractivity contribution in [2.45, 2.75) is 44.6 Å². The van der Waals surface area contributed by atoms with E-state index in [9.17, 15) is 14.4 Å². The van der Waals surface area contributed by atoms with Crippen LogP contribution in [0.2, 0.25) is 0 Å². The van der Waals surface area contributed by atoms with Gasteiger partial charge in [0.25, 0.3) is 0 Å². The minimum atomic E-state index is -0.0390. The zero-order valence-electron chi connectivity index (χ0n) is 10.3. The van der Waals surface area contributed by atoms with Gasteiger partial charge in [0.15, 0.2) is 0 Å². The van der Waals surface area contributed by atoms with Gasteiger partial charge in [0.1, 0.15) is 0 Å². The molecular formula is C12H17N3O3. The maximum absolute atomic E-state index is 10.3. The molecule has 0 spiro atoms. The van der Waals surface area contributed by atoms with Crippen molar-refractivity contribution >= 4 is 18.2 Å². The van der Waals surface area contributed by atoms with Gasteiger partial charge in [0, 0.05) is 0 Å². The van der Waals surface area contributed by atoms with Crippen molar-refractivity contribution in [2.24, 2.45) is 15.0 Å². The van der Waals surface area contributed by atoms with Crippen LogP contribution in [0, 0.1) is 0 Å². The van der Waals surface area contributed by atoms with Crippen molar-refractivity contribution in [1.29, 1.82) is 0 Å². The van der Waals surface area contributed by atoms with Crippen LogP contribution >= 0.6 is 0 Å². The summed E-state index contributed by atoms with van der Waals surface area (Å²) in [4.78, 5) is 40.6. The predicted molar refractivity (Wildman–Crippen MR) is 65.6 cm³/mol. The largest absolute Gasteiger partial charge is 0.235 e. The summed E-state index contributed by atoms with van der Waals surface area (Å²) in [6, 6.07) is -0.0390. The highest BCUT2D eigenvalue weighted by Crippen LogP contribution is 2.12. The summed E-state index contributed by atoms with van der Waals surface area (Å²) >= 11 is 0. The molecule has 18 heavy (non-hydrogen) atoms. The summed E-state index contributed by atoms with van der Waals surface area (Å²) in [5.74, 6) is 0. The molecule has 0 aromatic rings. The summed E-state index contributed by atoms with van der Waals surface area (Å²) in [5.41, 5.74) is 0. The molecule has 0 atom stereocenters. The van der Waals surface area contributed by atoms with E-state index >= 15 is 0 Å². The summed E-state index contributed by atoms with van der Waals surface area (Å²) < 4.78 is 0. The molecule has 6 heteroatoms. The van der Waals surface area contributed by atoms with Crippen LogP contribution in [-0.2, 0) is 14.4 Å². The lowest BCUT2D eigenvalue weighted by Crippen LogP contribution is -2.05. The Kier molecular flexibility index (Phi) is 11.8. The third-order valence-electron chi connectivity index (χ3n) is 2.48. The molecule has 0 saturated carbocycles. The highest BCUT2D eigenvalue weighted by molar-refractivity contribution is 5.33. The van der Waals surface area contributed by atoms with Crippen molar-refractivity contribution < 1.29 is 14.4 Å². The van der Waals surface area contributed by atoms with Gasteiger partial charge < -0.3 is 0 Å². The van der Waals surface area contributed by atoms with Gasteiger partial charge in [0.2, 0.25) is 18.2 Å². The molecule has 0 saturated heterocycles. The summed E-state index contributed by atoms with van der Waals surface area (Å²) in [6.45, 7) is 0.935. The van der Waals surface area contributed by atoms with Crippen LogP contribution < -0.4 is 0 Å². The van der Waals surface area contributed by atoms with Crippen LogP contribution in [0.25, 0.3) is 0 Å². The van der Waals surface area contributed by atoms with Crippen molar-refractivity contribution in [3.63, 3.8) is 0 Å². The van der Waals surface area contributed by atoms with E-state index in [1.165, 1.54) is 12.2 Å². The summed E-state index contributed by atoms with van der Waals surface area (Å²) in [6.07, 6.45) is 9.38. The lowest BCUT2D eigenvalue weighted by Gasteiger charge is -2.08. The molecule has 0 heterocycles. The number of carbonyl (C=O) groups excluding carboxylic acids is 3. The first kappa shape index (κ1) is 16.1. The molecule has 0 unspecified atom stereocenters. The first-order chi connectivity index (χ1) is 8.85. The third kappa shape index (κ3) is 10.7. The van der Waals surface area contributed by atoms with Crippen LogP contribution in [0.15, 0.2) is 15.0 Å². The standard InChI is InChI=1S/C12H17N3O3/c16-9-13-7-3-1-5-12(15-11-18)6-2-4-8-14-10-17/h12H,1-8H2. The van der Waals surface area contributed by atoms with Crippen LogP contribution in [0.1, 0.15) is 38.5 Å². The molecule has 0 aliphatic heterocycles. The number of hydrogen-bond acceptors (Lipinski definition) is 6. The van der Waals surface area contributed by atoms with Gasteiger partial charge in [-0.25, -0.2) is 29.4 Å². The number of nitrogens with zero attached hydrogens (tertiary/aromatic N) is 3. The van der Waals surface area contributed by atoms with Crippen LogP contribution in [0.4, 0.5) is 0 Å². The summed E-state index contributed by atoms with van der Waals surface area (Å²) in [5, 5.41) is 0. The molecule has 6 nitrogen and oxygen atoms in total. The zero-order valence-corrected chi connectivity index (χ0v) is 10.3. The Hall–Kier alpha value is -1.86. The maximum atomic E-state index is 10.3. The highest BCUT2D eigenvalue weighted by Gasteiger charge is 2.06. The van der Waals surface area contributed by atoms with E-state index in [0.717, 1.165) is 38.5 Å². The van der Waals surface area contributed by atoms with Crippen LogP contribution in [-0.4, -0.2) is 37.4 Å². The van der Waals surface area contributed by atoms with Crippen molar-refractivity contribution in [2.75, 3.05) is 13.1 Å². The molecule has 0 amide bonds. The number of isocyanates is 3. The molecule has 0 radical (unpaired) electrons. The minimum Gasteiger partial charge on any atom is -0.211 e. The zero-order chi connectivity index (χ0) is 13.5. The molecule has 0 aliphatic rings. The van der Waals surface area contributed by atoms with Gasteiger partial charge in [-0.3, -0.25) is 0 Å². The molecule has 98 valence electrons. The van der Waals surface area contributed by atoms with Crippen molar-refractivity contribution in [3.8, 4) is 0 Å². The second-order valence-electron chi connectivity index (χ2n) is 3.81. The lowest BCUT2D eigenvalue weighted by atomic mass is 10.0. The van der Waals surface area contributed by atoms with E-state index in [-0.39, 0.29) is 6.04 Å². The van der Waals surface area contributed by atoms with E-state index in [4.69, 9.17) is 0 Å². The quantitative estimate of drug-likeness (QED) is 0.318. The molecule has 0 aromatic heterocycles. The minimum absolute atomic E-state index is 0.0390. The van der Waals surface area contributed by atoms with Gasteiger partial charge in [-0.15, -0.1) is 0 Å². The Balaban J connectivity index is 3.74. The first-order valence-electron chi connectivity index (χ1n) is 5.99. The average molecular weight is 251 g/mol. The van der Waals surface area contributed by atoms with Crippen LogP contribution in [0.5, 0.6) is 0 Å². The Bertz CT molecular complexity index is 326. The molecule has 0 fully saturated rings. The Morgan fingerprint density at radius 1 is 0.722 bits per heavy atom. The molecule has 0 aliphatic carbocycles. The van der Waals surface area contributed by atoms with Crippen molar-refractivity contribution in [1.82, 2.24) is 0 Å². The van der Waals surface area contributed by atoms with Crippen molar-refractivity contribution in [3.05, 3.63) is 0 Å². The van der Waals surface area contributed by atoms with E-state index in [2.05, 4.69) is 15.0 Å². The Morgan fingerprint density at radius 2 is 1.22 bits per heavy atom. The van der Waals surface area contributed by atoms with Gasteiger partial charge in [-0.05, 0) is 38.5 Å². The predicted octanol–water partition coefficient (Wildman–Crippen LogP) is 1.70. The fraction of sp³-hybridized carbons (Fsp3) is 0.750. The number of aliphatic imine (C=N–C) groups is 3. The van der Waals surface area contributed by atoms with Gasteiger partial charge in [-0.2, -0.15) is 0 Å². The fourth-order valence-electron chi connectivity index (χ4n) is 1.58. The number of rotatable bonds is 11. The van der Waals surface area contributed by atoms with E-state index in [0.29, 0.717) is 13.1 Å². The second-order valence-corrected chi connectivity index (χ2v) is 3.81. The monoisotopic (exact) mass is 251 g/mol. The maximum Gasteiger partial charge on any atom is 0.235 e. The Labute approximate surface area is 106 Å². The molecule has 0 aromatic carbocycles. The van der Waals surface area contributed by atoms with Gasteiger partial charge in [0.05, 0.1) is 19.1 Å². The van der Waals surface area contributed by atoms with E-state index in [1.54, 1.807) is 6.08 Å². The third-order valence-corrected chi connectivity index (χ3v) is 2.48. The average Bonchev–Trinajstić information content (AvgIpc) is 2.38. The normalized spacial score (nSPS) is 10.7. The topological polar surface area (TPSA) is 88.3 Å². The molecule has 0 N–H and O–H groups in total. The summed E-state index contributed by atoms with van der Waals surface area (Å²) in [7, 11) is 0. The molecule has 0 bridgehead atoms. The number of hydrogen-bond donors (Lipinski definition) is 0. The van der Waals surface area contributed by atoms with Crippen LogP contribution in [0.3, 0.4) is 0 Å². The second kappa shape index (κ2) is 13.2. The smallest absolute Gasteiger partial charge is 0.211 e. The molecule has 0 rings (SSSR count). The first-order valence-corrected chi connectivity index (χ1v) is 5.99. The van der Waals surface area contributed by atoms with Gasteiger partial charge in [-0.1, -0.05) is 0 Å². The highest BCUT2D eigenvalue weighted by atomic mass is 16.1. The SMILES string of the molecule is O=C=NCCCCC(CCCCN=C=O)N=C=O. The van der Waals surface area contributed by atoms with E-state index in [1.807, 2.05) is 0 Å². The van der Waals surface area contributed by atoms with E-state index < -0.39 is 0 Å².